The fourth-order valence-corrected chi connectivity index (χ4v) is 6.07. The fourth-order valence-electron chi connectivity index (χ4n) is 4.74. The largest absolute Gasteiger partial charge is 0.388 e. The van der Waals surface area contributed by atoms with Gasteiger partial charge >= 0.3 is 13.3 Å². The molecule has 200 valence electrons. The van der Waals surface area contributed by atoms with Crippen LogP contribution in [-0.2, 0) is 32.5 Å². The van der Waals surface area contributed by atoms with Gasteiger partial charge in [-0.05, 0) is 13.3 Å². The molecular weight excluding hydrogens is 497 g/mol. The van der Waals surface area contributed by atoms with Gasteiger partial charge in [0.2, 0.25) is 5.72 Å². The lowest BCUT2D eigenvalue weighted by Crippen LogP contribution is -2.47. The summed E-state index contributed by atoms with van der Waals surface area (Å²) in [7, 11) is -4.71. The molecule has 4 heterocycles. The number of aromatic nitrogens is 5. The maximum absolute atomic E-state index is 13.3. The predicted octanol–water partition coefficient (Wildman–Crippen LogP) is -0.893. The molecule has 1 saturated heterocycles. The summed E-state index contributed by atoms with van der Waals surface area (Å²) in [6.07, 6.45) is -3.66. The summed E-state index contributed by atoms with van der Waals surface area (Å²) < 4.78 is 28.0. The van der Waals surface area contributed by atoms with Crippen molar-refractivity contribution in [2.24, 2.45) is 0 Å². The molecule has 2 aromatic rings. The molecule has 2 aliphatic heterocycles. The topological polar surface area (TPSA) is 204 Å². The number of aliphatic hydroxyl groups excluding tert-OH is 2. The number of H-pyrrole nitrogens is 2. The lowest BCUT2D eigenvalue weighted by Gasteiger charge is -2.36. The zero-order valence-electron chi connectivity index (χ0n) is 20.5. The number of nitrogens with one attached hydrogen (secondary N) is 2. The Kier molecular flexibility index (Phi) is 6.92. The van der Waals surface area contributed by atoms with Crippen LogP contribution < -0.4 is 15.9 Å². The van der Waals surface area contributed by atoms with E-state index in [2.05, 4.69) is 15.2 Å². The maximum Gasteiger partial charge on any atom is 0.362 e. The summed E-state index contributed by atoms with van der Waals surface area (Å²) in [5.41, 5.74) is -2.58. The molecule has 7 atom stereocenters. The van der Waals surface area contributed by atoms with E-state index in [1.54, 1.807) is 20.0 Å². The number of ether oxygens (including phenoxy) is 1. The number of aliphatic hydroxyl groups is 3. The van der Waals surface area contributed by atoms with E-state index in [0.717, 1.165) is 0 Å². The van der Waals surface area contributed by atoms with Crippen LogP contribution in [0, 0.1) is 0 Å². The van der Waals surface area contributed by atoms with Gasteiger partial charge in [0.05, 0.1) is 22.6 Å². The van der Waals surface area contributed by atoms with Gasteiger partial charge < -0.3 is 29.9 Å². The summed E-state index contributed by atoms with van der Waals surface area (Å²) in [6.45, 7) is 6.17. The highest BCUT2D eigenvalue weighted by Gasteiger charge is 2.57. The van der Waals surface area contributed by atoms with Gasteiger partial charge in [0.15, 0.2) is 23.8 Å². The van der Waals surface area contributed by atoms with E-state index in [9.17, 15) is 34.4 Å². The van der Waals surface area contributed by atoms with Crippen LogP contribution in [0.25, 0.3) is 0 Å². The monoisotopic (exact) mass is 530 g/mol. The van der Waals surface area contributed by atoms with Crippen molar-refractivity contribution in [1.82, 2.24) is 19.9 Å². The first-order valence-corrected chi connectivity index (χ1v) is 13.5. The second kappa shape index (κ2) is 9.28. The summed E-state index contributed by atoms with van der Waals surface area (Å²) in [5.74, 6) is 0. The van der Waals surface area contributed by atoms with Gasteiger partial charge in [-0.1, -0.05) is 20.8 Å². The summed E-state index contributed by atoms with van der Waals surface area (Å²) in [4.78, 5) is 40.4. The van der Waals surface area contributed by atoms with Crippen molar-refractivity contribution >= 4 is 7.60 Å². The number of fused-ring (bicyclic) bond motifs is 6. The van der Waals surface area contributed by atoms with Gasteiger partial charge in [0.25, 0.3) is 5.56 Å². The minimum Gasteiger partial charge on any atom is -0.388 e. The molecule has 0 spiro atoms. The predicted molar refractivity (Wildman–Crippen MR) is 123 cm³/mol. The summed E-state index contributed by atoms with van der Waals surface area (Å²) in [6, 6.07) is 0. The van der Waals surface area contributed by atoms with Crippen molar-refractivity contribution in [3.63, 3.8) is 0 Å². The third kappa shape index (κ3) is 4.30. The molecular formula is C21H33N5O9P+. The van der Waals surface area contributed by atoms with E-state index >= 15 is 0 Å². The molecule has 0 saturated carbocycles. The molecule has 1 fully saturated rings. The standard InChI is InChI=1S/C21H32N5O9P/c1-5-11-9-25-10-12-14(18(29)23-19(30)22-12)17-16(28)15(27)13(34-17)8-21(7-3,26(11)24-25)35-36(32,33)20(4,31)6-2/h9,13,15-17,27-28,31H,5-8,10H2,1-4H3,(H2-,22,23,29,30,32,33)/p+1. The van der Waals surface area contributed by atoms with Crippen molar-refractivity contribution in [3.05, 3.63) is 44.0 Å². The normalized spacial score (nSPS) is 31.2. The number of rotatable bonds is 6. The number of hydrogen-bond donors (Lipinski definition) is 6. The Morgan fingerprint density at radius 1 is 1.31 bits per heavy atom. The fraction of sp³-hybridized carbons (Fsp3) is 0.714. The average Bonchev–Trinajstić information content (AvgIpc) is 3.33. The van der Waals surface area contributed by atoms with E-state index in [1.165, 1.54) is 16.3 Å². The molecule has 0 amide bonds. The third-order valence-electron chi connectivity index (χ3n) is 7.20. The second-order valence-electron chi connectivity index (χ2n) is 9.54. The van der Waals surface area contributed by atoms with Crippen molar-refractivity contribution in [1.29, 1.82) is 0 Å². The van der Waals surface area contributed by atoms with Crippen LogP contribution >= 0.6 is 7.60 Å². The molecule has 2 aromatic heterocycles. The molecule has 36 heavy (non-hydrogen) atoms. The highest BCUT2D eigenvalue weighted by atomic mass is 31.2. The minimum absolute atomic E-state index is 0.0598. The Hall–Kier alpha value is -2.19. The summed E-state index contributed by atoms with van der Waals surface area (Å²) in [5, 5.41) is 34.9. The van der Waals surface area contributed by atoms with Gasteiger partial charge in [-0.3, -0.25) is 18.9 Å². The van der Waals surface area contributed by atoms with E-state index in [1.807, 2.05) is 6.92 Å². The Morgan fingerprint density at radius 2 is 2.00 bits per heavy atom. The zero-order valence-corrected chi connectivity index (χ0v) is 21.4. The number of nitrogens with zero attached hydrogens (tertiary/aromatic N) is 3. The molecule has 0 aromatic carbocycles. The van der Waals surface area contributed by atoms with Crippen molar-refractivity contribution in [3.8, 4) is 0 Å². The van der Waals surface area contributed by atoms with E-state index in [4.69, 9.17) is 9.26 Å². The molecule has 7 unspecified atom stereocenters. The first-order chi connectivity index (χ1) is 16.8. The Bertz CT molecular complexity index is 1300. The van der Waals surface area contributed by atoms with Crippen LogP contribution in [0.1, 0.15) is 70.0 Å². The summed E-state index contributed by atoms with van der Waals surface area (Å²) >= 11 is 0. The molecule has 2 aliphatic rings. The SMILES string of the molecule is CCc1c[n+]2nn1C(CC)(OP(=O)(O)C(C)(O)CC)CC1OC(c3c([nH]c(=O)[nH]c3=O)C2)C(O)C1O. The van der Waals surface area contributed by atoms with Gasteiger partial charge in [-0.15, -0.1) is 9.36 Å². The van der Waals surface area contributed by atoms with Crippen LogP contribution in [0.4, 0.5) is 0 Å². The Morgan fingerprint density at radius 3 is 2.61 bits per heavy atom. The van der Waals surface area contributed by atoms with E-state index < -0.39 is 54.3 Å². The van der Waals surface area contributed by atoms with Gasteiger partial charge in [0.1, 0.15) is 18.3 Å². The Labute approximate surface area is 206 Å². The van der Waals surface area contributed by atoms with Crippen LogP contribution in [0.5, 0.6) is 0 Å². The highest BCUT2D eigenvalue weighted by molar-refractivity contribution is 7.54. The van der Waals surface area contributed by atoms with Gasteiger partial charge in [-0.25, -0.2) is 4.79 Å². The Balaban J connectivity index is 1.96. The molecule has 6 N–H and O–H groups in total. The number of aromatic amines is 2. The smallest absolute Gasteiger partial charge is 0.362 e. The highest BCUT2D eigenvalue weighted by Crippen LogP contribution is 2.60. The molecule has 15 heteroatoms. The first-order valence-electron chi connectivity index (χ1n) is 11.9. The van der Waals surface area contributed by atoms with Crippen LogP contribution in [-0.4, -0.2) is 63.7 Å². The minimum atomic E-state index is -4.71. The number of aryl methyl sites for hydroxylation is 1. The molecule has 4 rings (SSSR count). The van der Waals surface area contributed by atoms with Gasteiger partial charge in [-0.2, -0.15) is 0 Å². The maximum atomic E-state index is 13.3. The molecule has 14 nitrogen and oxygen atoms in total. The zero-order chi connectivity index (χ0) is 26.6. The van der Waals surface area contributed by atoms with Crippen LogP contribution in [0.3, 0.4) is 0 Å². The van der Waals surface area contributed by atoms with Gasteiger partial charge in [0, 0.05) is 19.3 Å². The quantitative estimate of drug-likeness (QED) is 0.201. The lowest BCUT2D eigenvalue weighted by molar-refractivity contribution is -0.749. The van der Waals surface area contributed by atoms with Crippen LogP contribution in [0.2, 0.25) is 0 Å². The molecule has 0 radical (unpaired) electrons. The van der Waals surface area contributed by atoms with Crippen LogP contribution in [0.15, 0.2) is 15.8 Å². The molecule has 4 bridgehead atoms. The second-order valence-corrected chi connectivity index (χ2v) is 11.7. The van der Waals surface area contributed by atoms with E-state index in [0.29, 0.717) is 12.1 Å². The van der Waals surface area contributed by atoms with Crippen molar-refractivity contribution in [2.75, 3.05) is 0 Å². The van der Waals surface area contributed by atoms with Crippen molar-refractivity contribution in [2.45, 2.75) is 95.4 Å². The van der Waals surface area contributed by atoms with E-state index in [-0.39, 0.29) is 37.1 Å². The third-order valence-corrected chi connectivity index (χ3v) is 9.32. The molecule has 0 aliphatic carbocycles. The lowest BCUT2D eigenvalue weighted by atomic mass is 9.96. The first kappa shape index (κ1) is 26.9. The van der Waals surface area contributed by atoms with Crippen molar-refractivity contribution < 1.29 is 38.7 Å². The average molecular weight is 530 g/mol. The number of hydrogen-bond acceptors (Lipinski definition) is 9.